The normalized spacial score (nSPS) is 10.4. The van der Waals surface area contributed by atoms with Crippen LogP contribution in [0.2, 0.25) is 5.02 Å². The number of halogens is 1. The van der Waals surface area contributed by atoms with Crippen molar-refractivity contribution in [3.8, 4) is 16.9 Å². The van der Waals surface area contributed by atoms with Crippen molar-refractivity contribution < 1.29 is 9.53 Å². The van der Waals surface area contributed by atoms with E-state index in [2.05, 4.69) is 0 Å². The molecule has 0 saturated carbocycles. The molecule has 0 N–H and O–H groups in total. The second kappa shape index (κ2) is 7.33. The van der Waals surface area contributed by atoms with Crippen LogP contribution in [-0.2, 0) is 6.61 Å². The molecule has 0 amide bonds. The zero-order valence-electron chi connectivity index (χ0n) is 13.3. The number of carbonyl (C=O) groups is 1. The summed E-state index contributed by atoms with van der Waals surface area (Å²) >= 11 is 6.27. The molecule has 3 heteroatoms. The molecule has 0 aliphatic carbocycles. The van der Waals surface area contributed by atoms with Gasteiger partial charge >= 0.3 is 0 Å². The van der Waals surface area contributed by atoms with Gasteiger partial charge in [0.2, 0.25) is 0 Å². The highest BCUT2D eigenvalue weighted by Gasteiger charge is 2.12. The van der Waals surface area contributed by atoms with Crippen LogP contribution in [0.4, 0.5) is 0 Å². The molecule has 0 bridgehead atoms. The predicted octanol–water partition coefficient (Wildman–Crippen LogP) is 5.71. The van der Waals surface area contributed by atoms with Gasteiger partial charge in [-0.15, -0.1) is 0 Å². The molecule has 0 unspecified atom stereocenters. The smallest absolute Gasteiger partial charge is 0.153 e. The van der Waals surface area contributed by atoms with Crippen LogP contribution in [0.1, 0.15) is 21.5 Å². The van der Waals surface area contributed by atoms with Crippen LogP contribution >= 0.6 is 11.6 Å². The molecule has 0 aromatic heterocycles. The van der Waals surface area contributed by atoms with Gasteiger partial charge in [-0.05, 0) is 41.8 Å². The molecule has 0 spiro atoms. The van der Waals surface area contributed by atoms with Gasteiger partial charge < -0.3 is 4.74 Å². The monoisotopic (exact) mass is 336 g/mol. The number of aldehydes is 1. The number of hydrogen-bond acceptors (Lipinski definition) is 2. The fourth-order valence-corrected chi connectivity index (χ4v) is 2.91. The Hall–Kier alpha value is -2.58. The van der Waals surface area contributed by atoms with E-state index >= 15 is 0 Å². The molecular weight excluding hydrogens is 320 g/mol. The van der Waals surface area contributed by atoms with Gasteiger partial charge in [0, 0.05) is 10.6 Å². The second-order valence-corrected chi connectivity index (χ2v) is 5.99. The largest absolute Gasteiger partial charge is 0.488 e. The Morgan fingerprint density at radius 3 is 2.42 bits per heavy atom. The fraction of sp³-hybridized carbons (Fsp3) is 0.0952. The highest BCUT2D eigenvalue weighted by Crippen LogP contribution is 2.33. The highest BCUT2D eigenvalue weighted by molar-refractivity contribution is 6.33. The Kier molecular flexibility index (Phi) is 4.97. The van der Waals surface area contributed by atoms with Gasteiger partial charge in [0.1, 0.15) is 12.4 Å². The third kappa shape index (κ3) is 3.50. The number of ether oxygens (including phenoxy) is 1. The molecule has 0 aliphatic rings. The van der Waals surface area contributed by atoms with Crippen LogP contribution in [-0.4, -0.2) is 6.29 Å². The summed E-state index contributed by atoms with van der Waals surface area (Å²) in [5, 5.41) is 0.659. The molecule has 0 saturated heterocycles. The molecule has 0 heterocycles. The van der Waals surface area contributed by atoms with Crippen molar-refractivity contribution in [3.63, 3.8) is 0 Å². The molecule has 2 nitrogen and oxygen atoms in total. The van der Waals surface area contributed by atoms with Gasteiger partial charge in [-0.1, -0.05) is 60.1 Å². The van der Waals surface area contributed by atoms with Crippen LogP contribution in [0.3, 0.4) is 0 Å². The van der Waals surface area contributed by atoms with E-state index in [1.54, 1.807) is 0 Å². The Labute approximate surface area is 146 Å². The summed E-state index contributed by atoms with van der Waals surface area (Å²) in [4.78, 5) is 11.5. The van der Waals surface area contributed by atoms with Crippen molar-refractivity contribution in [2.45, 2.75) is 13.5 Å². The van der Waals surface area contributed by atoms with E-state index in [-0.39, 0.29) is 0 Å². The summed E-state index contributed by atoms with van der Waals surface area (Å²) in [6, 6.07) is 21.3. The molecule has 3 aromatic carbocycles. The summed E-state index contributed by atoms with van der Waals surface area (Å²) in [5.74, 6) is 0.615. The van der Waals surface area contributed by atoms with E-state index in [1.165, 1.54) is 0 Å². The van der Waals surface area contributed by atoms with Crippen molar-refractivity contribution in [3.05, 3.63) is 88.4 Å². The number of rotatable bonds is 5. The maximum Gasteiger partial charge on any atom is 0.153 e. The van der Waals surface area contributed by atoms with Gasteiger partial charge in [-0.2, -0.15) is 0 Å². The minimum atomic E-state index is 0.425. The van der Waals surface area contributed by atoms with Gasteiger partial charge in [0.05, 0.1) is 5.56 Å². The van der Waals surface area contributed by atoms with Crippen LogP contribution in [0, 0.1) is 6.92 Å². The molecular formula is C21H17ClO2. The molecule has 0 atom stereocenters. The minimum Gasteiger partial charge on any atom is -0.488 e. The number of hydrogen-bond donors (Lipinski definition) is 0. The lowest BCUT2D eigenvalue weighted by atomic mass is 9.99. The SMILES string of the molecule is Cc1cc(-c2ccccc2Cl)cc(C=O)c1OCc1ccccc1. The lowest BCUT2D eigenvalue weighted by Gasteiger charge is -2.14. The Morgan fingerprint density at radius 2 is 1.71 bits per heavy atom. The molecule has 0 radical (unpaired) electrons. The standard InChI is InChI=1S/C21H17ClO2/c1-15-11-17(19-9-5-6-10-20(19)22)12-18(13-23)21(15)24-14-16-7-3-2-4-8-16/h2-13H,14H2,1H3. The summed E-state index contributed by atoms with van der Waals surface area (Å²) < 4.78 is 5.90. The Bertz CT molecular complexity index is 857. The average molecular weight is 337 g/mol. The maximum absolute atomic E-state index is 11.5. The van der Waals surface area contributed by atoms with Crippen molar-refractivity contribution >= 4 is 17.9 Å². The first-order valence-electron chi connectivity index (χ1n) is 7.70. The van der Waals surface area contributed by atoms with Gasteiger partial charge in [-0.25, -0.2) is 0 Å². The van der Waals surface area contributed by atoms with E-state index in [0.717, 1.165) is 28.5 Å². The summed E-state index contributed by atoms with van der Waals surface area (Å²) in [6.07, 6.45) is 0.827. The van der Waals surface area contributed by atoms with E-state index in [9.17, 15) is 4.79 Å². The minimum absolute atomic E-state index is 0.425. The van der Waals surface area contributed by atoms with E-state index in [1.807, 2.05) is 73.7 Å². The first-order chi connectivity index (χ1) is 11.7. The number of aryl methyl sites for hydroxylation is 1. The highest BCUT2D eigenvalue weighted by atomic mass is 35.5. The van der Waals surface area contributed by atoms with Crippen LogP contribution < -0.4 is 4.74 Å². The van der Waals surface area contributed by atoms with Crippen LogP contribution in [0.15, 0.2) is 66.7 Å². The van der Waals surface area contributed by atoms with Crippen LogP contribution in [0.5, 0.6) is 5.75 Å². The van der Waals surface area contributed by atoms with E-state index < -0.39 is 0 Å². The first kappa shape index (κ1) is 16.3. The maximum atomic E-state index is 11.5. The van der Waals surface area contributed by atoms with E-state index in [4.69, 9.17) is 16.3 Å². The van der Waals surface area contributed by atoms with Crippen molar-refractivity contribution in [1.82, 2.24) is 0 Å². The summed E-state index contributed by atoms with van der Waals surface area (Å²) in [6.45, 7) is 2.36. The fourth-order valence-electron chi connectivity index (χ4n) is 2.67. The molecule has 0 fully saturated rings. The topological polar surface area (TPSA) is 26.3 Å². The second-order valence-electron chi connectivity index (χ2n) is 5.58. The van der Waals surface area contributed by atoms with Crippen molar-refractivity contribution in [2.75, 3.05) is 0 Å². The van der Waals surface area contributed by atoms with Crippen LogP contribution in [0.25, 0.3) is 11.1 Å². The lowest BCUT2D eigenvalue weighted by molar-refractivity contribution is 0.111. The van der Waals surface area contributed by atoms with Gasteiger partial charge in [0.25, 0.3) is 0 Å². The number of carbonyl (C=O) groups excluding carboxylic acids is 1. The zero-order chi connectivity index (χ0) is 16.9. The molecule has 24 heavy (non-hydrogen) atoms. The summed E-state index contributed by atoms with van der Waals surface area (Å²) in [5.41, 5.74) is 4.31. The quantitative estimate of drug-likeness (QED) is 0.558. The average Bonchev–Trinajstić information content (AvgIpc) is 2.61. The zero-order valence-corrected chi connectivity index (χ0v) is 14.1. The lowest BCUT2D eigenvalue weighted by Crippen LogP contribution is -2.01. The third-order valence-corrected chi connectivity index (χ3v) is 4.17. The van der Waals surface area contributed by atoms with Gasteiger partial charge in [-0.3, -0.25) is 4.79 Å². The molecule has 3 aromatic rings. The van der Waals surface area contributed by atoms with E-state index in [0.29, 0.717) is 22.9 Å². The van der Waals surface area contributed by atoms with Crippen molar-refractivity contribution in [1.29, 1.82) is 0 Å². The summed E-state index contributed by atoms with van der Waals surface area (Å²) in [7, 11) is 0. The number of benzene rings is 3. The third-order valence-electron chi connectivity index (χ3n) is 3.84. The Morgan fingerprint density at radius 1 is 1.00 bits per heavy atom. The molecule has 3 rings (SSSR count). The first-order valence-corrected chi connectivity index (χ1v) is 8.08. The Balaban J connectivity index is 1.94. The predicted molar refractivity (Wildman–Crippen MR) is 97.8 cm³/mol. The van der Waals surface area contributed by atoms with Gasteiger partial charge in [0.15, 0.2) is 6.29 Å². The molecule has 120 valence electrons. The molecule has 0 aliphatic heterocycles. The van der Waals surface area contributed by atoms with Crippen molar-refractivity contribution in [2.24, 2.45) is 0 Å².